The van der Waals surface area contributed by atoms with Crippen LogP contribution < -0.4 is 10.2 Å². The van der Waals surface area contributed by atoms with Crippen LogP contribution in [0.1, 0.15) is 18.1 Å². The molecule has 1 N–H and O–H groups in total. The van der Waals surface area contributed by atoms with Gasteiger partial charge in [-0.05, 0) is 60.6 Å². The van der Waals surface area contributed by atoms with Crippen molar-refractivity contribution in [2.24, 2.45) is 4.99 Å². The minimum atomic E-state index is -0.0961. The summed E-state index contributed by atoms with van der Waals surface area (Å²) in [5.74, 6) is -0.0961. The zero-order valence-electron chi connectivity index (χ0n) is 19.2. The smallest absolute Gasteiger partial charge is 0.269 e. The zero-order valence-corrected chi connectivity index (χ0v) is 20.9. The van der Waals surface area contributed by atoms with E-state index < -0.39 is 0 Å². The fraction of sp³-hybridized carbons (Fsp3) is 0.154. The number of nitrogens with zero attached hydrogens (tertiary/aromatic N) is 5. The largest absolute Gasteiger partial charge is 0.384 e. The molecule has 0 spiro atoms. The lowest BCUT2D eigenvalue weighted by molar-refractivity contribution is -0.122. The highest BCUT2D eigenvalue weighted by atomic mass is 32.2. The number of fused-ring (bicyclic) bond motifs is 1. The summed E-state index contributed by atoms with van der Waals surface area (Å²) in [6.07, 6.45) is 3.47. The number of amidine groups is 1. The van der Waals surface area contributed by atoms with Gasteiger partial charge in [-0.3, -0.25) is 14.7 Å². The predicted octanol–water partition coefficient (Wildman–Crippen LogP) is 5.56. The molecule has 2 aromatic carbocycles. The molecule has 1 fully saturated rings. The van der Waals surface area contributed by atoms with Crippen LogP contribution in [0.15, 0.2) is 86.8 Å². The molecule has 0 bridgehead atoms. The van der Waals surface area contributed by atoms with Crippen LogP contribution in [0.3, 0.4) is 0 Å². The molecule has 9 heteroatoms. The summed E-state index contributed by atoms with van der Waals surface area (Å²) in [5.41, 5.74) is 3.94. The Bertz CT molecular complexity index is 1400. The zero-order chi connectivity index (χ0) is 24.4. The fourth-order valence-electron chi connectivity index (χ4n) is 3.87. The SMILES string of the molecule is CCNc1ccc(C#N)cc1N=C1SC(=C2Sc3ccccc3N2C)C(=O)N1Cc1cccnc1. The maximum Gasteiger partial charge on any atom is 0.269 e. The van der Waals surface area contributed by atoms with Gasteiger partial charge in [-0.2, -0.15) is 5.26 Å². The summed E-state index contributed by atoms with van der Waals surface area (Å²) in [5, 5.41) is 14.2. The monoisotopic (exact) mass is 498 g/mol. The highest BCUT2D eigenvalue weighted by Crippen LogP contribution is 2.50. The number of nitriles is 1. The Morgan fingerprint density at radius 1 is 1.14 bits per heavy atom. The molecule has 0 aliphatic carbocycles. The minimum Gasteiger partial charge on any atom is -0.384 e. The van der Waals surface area contributed by atoms with E-state index in [9.17, 15) is 10.1 Å². The molecule has 1 amide bonds. The summed E-state index contributed by atoms with van der Waals surface area (Å²) in [6.45, 7) is 3.07. The third kappa shape index (κ3) is 4.50. The first-order valence-corrected chi connectivity index (χ1v) is 12.7. The molecule has 0 atom stereocenters. The van der Waals surface area contributed by atoms with E-state index in [1.165, 1.54) is 11.8 Å². The van der Waals surface area contributed by atoms with Crippen molar-refractivity contribution < 1.29 is 4.79 Å². The number of anilines is 2. The second kappa shape index (κ2) is 9.86. The number of pyridine rings is 1. The van der Waals surface area contributed by atoms with E-state index in [0.717, 1.165) is 26.9 Å². The number of aromatic nitrogens is 1. The van der Waals surface area contributed by atoms with Crippen LogP contribution in [0.5, 0.6) is 0 Å². The maximum atomic E-state index is 13.8. The van der Waals surface area contributed by atoms with Crippen molar-refractivity contribution >= 4 is 51.7 Å². The number of amides is 1. The topological polar surface area (TPSA) is 84.6 Å². The number of aliphatic imine (C=N–C) groups is 1. The van der Waals surface area contributed by atoms with Gasteiger partial charge in [-0.25, -0.2) is 4.99 Å². The van der Waals surface area contributed by atoms with E-state index in [4.69, 9.17) is 4.99 Å². The molecular formula is C26H22N6OS2. The van der Waals surface area contributed by atoms with Gasteiger partial charge < -0.3 is 10.2 Å². The third-order valence-corrected chi connectivity index (χ3v) is 8.00. The Kier molecular flexibility index (Phi) is 6.49. The molecule has 0 unspecified atom stereocenters. The van der Waals surface area contributed by atoms with E-state index in [1.54, 1.807) is 41.2 Å². The van der Waals surface area contributed by atoms with Crippen LogP contribution in [0.2, 0.25) is 0 Å². The summed E-state index contributed by atoms with van der Waals surface area (Å²) in [6, 6.07) is 19.5. The van der Waals surface area contributed by atoms with E-state index in [1.807, 2.05) is 44.3 Å². The van der Waals surface area contributed by atoms with Crippen molar-refractivity contribution in [3.05, 3.63) is 88.1 Å². The number of carbonyl (C=O) groups is 1. The van der Waals surface area contributed by atoms with E-state index >= 15 is 0 Å². The molecule has 5 rings (SSSR count). The number of hydrogen-bond acceptors (Lipinski definition) is 8. The number of rotatable bonds is 5. The second-order valence-corrected chi connectivity index (χ2v) is 9.89. The lowest BCUT2D eigenvalue weighted by Gasteiger charge is -2.17. The first kappa shape index (κ1) is 23.0. The summed E-state index contributed by atoms with van der Waals surface area (Å²) in [4.78, 5) is 28.4. The second-order valence-electron chi connectivity index (χ2n) is 7.89. The van der Waals surface area contributed by atoms with Crippen LogP contribution in [0, 0.1) is 11.3 Å². The number of carbonyl (C=O) groups excluding carboxylic acids is 1. The number of thioether (sulfide) groups is 2. The number of hydrogen-bond donors (Lipinski definition) is 1. The van der Waals surface area contributed by atoms with Crippen molar-refractivity contribution in [2.75, 3.05) is 23.8 Å². The van der Waals surface area contributed by atoms with Crippen molar-refractivity contribution in [2.45, 2.75) is 18.4 Å². The Morgan fingerprint density at radius 3 is 2.74 bits per heavy atom. The van der Waals surface area contributed by atoms with E-state index in [0.29, 0.717) is 34.4 Å². The number of para-hydroxylation sites is 1. The molecule has 0 radical (unpaired) electrons. The summed E-state index contributed by atoms with van der Waals surface area (Å²) < 4.78 is 0. The molecular weight excluding hydrogens is 476 g/mol. The third-order valence-electron chi connectivity index (χ3n) is 5.57. The Balaban J connectivity index is 1.59. The Hall–Kier alpha value is -3.74. The first-order valence-electron chi connectivity index (χ1n) is 11.1. The molecule has 2 aliphatic heterocycles. The normalized spacial score (nSPS) is 18.2. The Labute approximate surface area is 212 Å². The molecule has 3 heterocycles. The average Bonchev–Trinajstić information content (AvgIpc) is 3.37. The predicted molar refractivity (Wildman–Crippen MR) is 143 cm³/mol. The van der Waals surface area contributed by atoms with Gasteiger partial charge in [-0.15, -0.1) is 0 Å². The lowest BCUT2D eigenvalue weighted by Crippen LogP contribution is -2.29. The van der Waals surface area contributed by atoms with Gasteiger partial charge in [0.25, 0.3) is 5.91 Å². The van der Waals surface area contributed by atoms with Crippen LogP contribution in [0.4, 0.5) is 17.1 Å². The van der Waals surface area contributed by atoms with Gasteiger partial charge in [0.05, 0.1) is 40.3 Å². The van der Waals surface area contributed by atoms with E-state index in [2.05, 4.69) is 33.4 Å². The van der Waals surface area contributed by atoms with Gasteiger partial charge >= 0.3 is 0 Å². The maximum absolute atomic E-state index is 13.8. The van der Waals surface area contributed by atoms with Crippen LogP contribution in [-0.4, -0.2) is 34.6 Å². The molecule has 1 aromatic heterocycles. The lowest BCUT2D eigenvalue weighted by atomic mass is 10.2. The highest BCUT2D eigenvalue weighted by molar-refractivity contribution is 8.19. The molecule has 7 nitrogen and oxygen atoms in total. The number of benzene rings is 2. The minimum absolute atomic E-state index is 0.0961. The molecule has 2 aliphatic rings. The molecule has 35 heavy (non-hydrogen) atoms. The van der Waals surface area contributed by atoms with Gasteiger partial charge in [0.15, 0.2) is 5.17 Å². The average molecular weight is 499 g/mol. The van der Waals surface area contributed by atoms with Crippen LogP contribution in [-0.2, 0) is 11.3 Å². The van der Waals surface area contributed by atoms with Gasteiger partial charge in [0, 0.05) is 30.9 Å². The van der Waals surface area contributed by atoms with Gasteiger partial charge in [0.1, 0.15) is 4.91 Å². The Morgan fingerprint density at radius 2 is 2.00 bits per heavy atom. The van der Waals surface area contributed by atoms with Crippen molar-refractivity contribution in [3.63, 3.8) is 0 Å². The number of nitrogens with one attached hydrogen (secondary N) is 1. The fourth-order valence-corrected chi connectivity index (χ4v) is 6.21. The van der Waals surface area contributed by atoms with Gasteiger partial charge in [0.2, 0.25) is 0 Å². The molecule has 1 saturated heterocycles. The van der Waals surface area contributed by atoms with E-state index in [-0.39, 0.29) is 5.91 Å². The van der Waals surface area contributed by atoms with Crippen LogP contribution in [0.25, 0.3) is 0 Å². The standard InChI is InChI=1S/C26H22N6OS2/c1-3-29-19-11-10-17(14-27)13-20(19)30-26-32(16-18-7-6-12-28-15-18)24(33)23(35-26)25-31(2)21-8-4-5-9-22(21)34-25/h4-13,15,29H,3,16H2,1-2H3. The first-order chi connectivity index (χ1) is 17.1. The van der Waals surface area contributed by atoms with Crippen molar-refractivity contribution in [3.8, 4) is 6.07 Å². The molecule has 174 valence electrons. The van der Waals surface area contributed by atoms with Crippen LogP contribution >= 0.6 is 23.5 Å². The molecule has 0 saturated carbocycles. The quantitative estimate of drug-likeness (QED) is 0.461. The molecule has 3 aromatic rings. The van der Waals surface area contributed by atoms with Crippen molar-refractivity contribution in [1.29, 1.82) is 5.26 Å². The highest BCUT2D eigenvalue weighted by Gasteiger charge is 2.39. The van der Waals surface area contributed by atoms with Gasteiger partial charge in [-0.1, -0.05) is 30.0 Å². The summed E-state index contributed by atoms with van der Waals surface area (Å²) in [7, 11) is 1.98. The van der Waals surface area contributed by atoms with Crippen molar-refractivity contribution in [1.82, 2.24) is 9.88 Å². The summed E-state index contributed by atoms with van der Waals surface area (Å²) >= 11 is 2.96.